The number of thiocarbonyl (C=S) groups is 1. The summed E-state index contributed by atoms with van der Waals surface area (Å²) in [5, 5.41) is 11.4. The predicted octanol–water partition coefficient (Wildman–Crippen LogP) is 1.87. The van der Waals surface area contributed by atoms with E-state index in [0.717, 1.165) is 17.3 Å². The molecule has 6 heteroatoms. The van der Waals surface area contributed by atoms with Crippen LogP contribution in [0.3, 0.4) is 0 Å². The van der Waals surface area contributed by atoms with Gasteiger partial charge in [-0.2, -0.15) is 0 Å². The van der Waals surface area contributed by atoms with Gasteiger partial charge in [-0.25, -0.2) is 4.79 Å². The van der Waals surface area contributed by atoms with E-state index in [1.807, 2.05) is 0 Å². The summed E-state index contributed by atoms with van der Waals surface area (Å²) in [6.07, 6.45) is 1.64. The van der Waals surface area contributed by atoms with Gasteiger partial charge in [0.05, 0.1) is 11.3 Å². The standard InChI is InChI=1S/C11H7NO3S2/c13-9(14)7-3-1-6(2-4-7)5-8-10(15)17-11(16)12-8/h1-5H,(H,12,16)(H,13,14). The highest BCUT2D eigenvalue weighted by Gasteiger charge is 2.21. The molecule has 0 aromatic heterocycles. The van der Waals surface area contributed by atoms with Crippen LogP contribution in [-0.4, -0.2) is 20.5 Å². The summed E-state index contributed by atoms with van der Waals surface area (Å²) in [7, 11) is 0. The fourth-order valence-electron chi connectivity index (χ4n) is 1.31. The largest absolute Gasteiger partial charge is 0.478 e. The maximum absolute atomic E-state index is 11.4. The minimum Gasteiger partial charge on any atom is -0.478 e. The van der Waals surface area contributed by atoms with Crippen LogP contribution >= 0.6 is 24.0 Å². The molecule has 0 saturated carbocycles. The third kappa shape index (κ3) is 2.72. The van der Waals surface area contributed by atoms with Crippen molar-refractivity contribution >= 4 is 45.5 Å². The zero-order valence-corrected chi connectivity index (χ0v) is 10.1. The van der Waals surface area contributed by atoms with E-state index >= 15 is 0 Å². The van der Waals surface area contributed by atoms with E-state index in [1.165, 1.54) is 12.1 Å². The van der Waals surface area contributed by atoms with E-state index in [9.17, 15) is 9.59 Å². The van der Waals surface area contributed by atoms with Gasteiger partial charge in [0.1, 0.15) is 4.32 Å². The van der Waals surface area contributed by atoms with Crippen LogP contribution in [0.4, 0.5) is 0 Å². The molecule has 2 N–H and O–H groups in total. The number of hydrogen-bond acceptors (Lipinski definition) is 4. The number of rotatable bonds is 2. The normalized spacial score (nSPS) is 17.3. The molecule has 1 aromatic rings. The van der Waals surface area contributed by atoms with Crippen molar-refractivity contribution in [3.05, 3.63) is 41.1 Å². The summed E-state index contributed by atoms with van der Waals surface area (Å²) in [4.78, 5) is 22.1. The van der Waals surface area contributed by atoms with Gasteiger partial charge in [-0.3, -0.25) is 4.79 Å². The smallest absolute Gasteiger partial charge is 0.335 e. The fraction of sp³-hybridized carbons (Fsp3) is 0. The molecular formula is C11H7NO3S2. The van der Waals surface area contributed by atoms with Gasteiger partial charge in [0.25, 0.3) is 0 Å². The first-order valence-electron chi connectivity index (χ1n) is 4.64. The highest BCUT2D eigenvalue weighted by atomic mass is 32.2. The SMILES string of the molecule is O=C1SC(=S)NC1=Cc1ccc(C(=O)O)cc1. The van der Waals surface area contributed by atoms with Gasteiger partial charge >= 0.3 is 5.97 Å². The van der Waals surface area contributed by atoms with Crippen molar-refractivity contribution in [2.75, 3.05) is 0 Å². The average molecular weight is 265 g/mol. The third-order valence-electron chi connectivity index (χ3n) is 2.11. The lowest BCUT2D eigenvalue weighted by Crippen LogP contribution is -2.10. The summed E-state index contributed by atoms with van der Waals surface area (Å²) in [6.45, 7) is 0. The van der Waals surface area contributed by atoms with Crippen molar-refractivity contribution < 1.29 is 14.7 Å². The van der Waals surface area contributed by atoms with Gasteiger partial charge in [-0.15, -0.1) is 0 Å². The molecule has 1 fully saturated rings. The molecule has 1 aliphatic rings. The Morgan fingerprint density at radius 3 is 2.47 bits per heavy atom. The second-order valence-electron chi connectivity index (χ2n) is 3.29. The topological polar surface area (TPSA) is 66.4 Å². The Morgan fingerprint density at radius 1 is 1.35 bits per heavy atom. The number of carbonyl (C=O) groups is 2. The van der Waals surface area contributed by atoms with Crippen molar-refractivity contribution in [1.82, 2.24) is 5.32 Å². The zero-order chi connectivity index (χ0) is 12.4. The van der Waals surface area contributed by atoms with Crippen LogP contribution in [0.25, 0.3) is 6.08 Å². The number of carboxylic acids is 1. The number of thioether (sulfide) groups is 1. The highest BCUT2D eigenvalue weighted by Crippen LogP contribution is 2.21. The van der Waals surface area contributed by atoms with E-state index in [1.54, 1.807) is 18.2 Å². The minimum atomic E-state index is -0.976. The molecule has 86 valence electrons. The quantitative estimate of drug-likeness (QED) is 0.628. The molecule has 17 heavy (non-hydrogen) atoms. The molecule has 1 aliphatic heterocycles. The van der Waals surface area contributed by atoms with E-state index in [2.05, 4.69) is 5.32 Å². The molecule has 0 aliphatic carbocycles. The Kier molecular flexibility index (Phi) is 3.26. The maximum atomic E-state index is 11.4. The zero-order valence-electron chi connectivity index (χ0n) is 8.47. The van der Waals surface area contributed by atoms with Crippen molar-refractivity contribution in [3.8, 4) is 0 Å². The van der Waals surface area contributed by atoms with Crippen LogP contribution < -0.4 is 5.32 Å². The Labute approximate surface area is 107 Å². The first-order chi connectivity index (χ1) is 8.06. The number of hydrogen-bond donors (Lipinski definition) is 2. The number of aromatic carboxylic acids is 1. The molecule has 0 spiro atoms. The first-order valence-corrected chi connectivity index (χ1v) is 5.87. The number of nitrogens with one attached hydrogen (secondary N) is 1. The van der Waals surface area contributed by atoms with Crippen molar-refractivity contribution in [1.29, 1.82) is 0 Å². The average Bonchev–Trinajstić information content (AvgIpc) is 2.58. The van der Waals surface area contributed by atoms with Gasteiger partial charge in [-0.1, -0.05) is 24.4 Å². The maximum Gasteiger partial charge on any atom is 0.335 e. The lowest BCUT2D eigenvalue weighted by molar-refractivity contribution is -0.107. The third-order valence-corrected chi connectivity index (χ3v) is 3.16. The van der Waals surface area contributed by atoms with Crippen LogP contribution in [0, 0.1) is 0 Å². The van der Waals surface area contributed by atoms with Crippen LogP contribution in [-0.2, 0) is 4.79 Å². The summed E-state index contributed by atoms with van der Waals surface area (Å²) >= 11 is 5.83. The molecule has 0 amide bonds. The van der Waals surface area contributed by atoms with Crippen LogP contribution in [0.15, 0.2) is 30.0 Å². The fourth-order valence-corrected chi connectivity index (χ4v) is 2.20. The van der Waals surface area contributed by atoms with E-state index in [-0.39, 0.29) is 10.7 Å². The number of benzene rings is 1. The van der Waals surface area contributed by atoms with Gasteiger partial charge in [0.15, 0.2) is 0 Å². The lowest BCUT2D eigenvalue weighted by atomic mass is 10.1. The van der Waals surface area contributed by atoms with E-state index in [4.69, 9.17) is 17.3 Å². The van der Waals surface area contributed by atoms with Crippen molar-refractivity contribution in [2.45, 2.75) is 0 Å². The highest BCUT2D eigenvalue weighted by molar-refractivity contribution is 8.33. The summed E-state index contributed by atoms with van der Waals surface area (Å²) in [6, 6.07) is 6.24. The summed E-state index contributed by atoms with van der Waals surface area (Å²) < 4.78 is 0.434. The van der Waals surface area contributed by atoms with Gasteiger partial charge < -0.3 is 10.4 Å². The Bertz CT molecular complexity index is 534. The molecule has 1 saturated heterocycles. The molecule has 2 rings (SSSR count). The van der Waals surface area contributed by atoms with Crippen LogP contribution in [0.1, 0.15) is 15.9 Å². The Hall–Kier alpha value is -1.66. The molecule has 4 nitrogen and oxygen atoms in total. The first kappa shape index (κ1) is 11.8. The Balaban J connectivity index is 2.24. The molecular weight excluding hydrogens is 258 g/mol. The number of carboxylic acid groups (broad SMARTS) is 1. The van der Waals surface area contributed by atoms with Gasteiger partial charge in [0, 0.05) is 0 Å². The van der Waals surface area contributed by atoms with Crippen LogP contribution in [0.2, 0.25) is 0 Å². The summed E-state index contributed by atoms with van der Waals surface area (Å²) in [5.41, 5.74) is 1.38. The van der Waals surface area contributed by atoms with Gasteiger partial charge in [-0.05, 0) is 35.5 Å². The predicted molar refractivity (Wildman–Crippen MR) is 69.7 cm³/mol. The van der Waals surface area contributed by atoms with Gasteiger partial charge in [0.2, 0.25) is 5.12 Å². The van der Waals surface area contributed by atoms with E-state index in [0.29, 0.717) is 10.0 Å². The second-order valence-corrected chi connectivity index (χ2v) is 4.94. The molecule has 1 aromatic carbocycles. The van der Waals surface area contributed by atoms with E-state index < -0.39 is 5.97 Å². The minimum absolute atomic E-state index is 0.127. The molecule has 0 bridgehead atoms. The molecule has 1 heterocycles. The number of carbonyl (C=O) groups excluding carboxylic acids is 1. The second kappa shape index (κ2) is 4.68. The molecule has 0 radical (unpaired) electrons. The van der Waals surface area contributed by atoms with Crippen LogP contribution in [0.5, 0.6) is 0 Å². The van der Waals surface area contributed by atoms with Crippen molar-refractivity contribution in [2.24, 2.45) is 0 Å². The lowest BCUT2D eigenvalue weighted by Gasteiger charge is -1.98. The van der Waals surface area contributed by atoms with Crippen molar-refractivity contribution in [3.63, 3.8) is 0 Å². The monoisotopic (exact) mass is 265 g/mol. The molecule has 0 unspecified atom stereocenters. The summed E-state index contributed by atoms with van der Waals surface area (Å²) in [5.74, 6) is -0.976. The molecule has 0 atom stereocenters. The Morgan fingerprint density at radius 2 is 2.00 bits per heavy atom.